The fourth-order valence-electron chi connectivity index (χ4n) is 2.52. The van der Waals surface area contributed by atoms with E-state index >= 15 is 0 Å². The first-order valence-corrected chi connectivity index (χ1v) is 8.01. The summed E-state index contributed by atoms with van der Waals surface area (Å²) in [6.07, 6.45) is 0. The van der Waals surface area contributed by atoms with Crippen molar-refractivity contribution in [3.63, 3.8) is 0 Å². The van der Waals surface area contributed by atoms with Crippen molar-refractivity contribution in [2.45, 2.75) is 20.4 Å². The minimum absolute atomic E-state index is 0.000610. The van der Waals surface area contributed by atoms with Crippen LogP contribution in [0.2, 0.25) is 5.02 Å². The van der Waals surface area contributed by atoms with Crippen LogP contribution in [0.5, 0.6) is 0 Å². The SMILES string of the molecule is CNCCN(C)C(=O)c1c(C)nn(Cc2ccccc2Cl)c1C. The molecule has 2 rings (SSSR count). The van der Waals surface area contributed by atoms with Crippen LogP contribution in [0.25, 0.3) is 0 Å². The van der Waals surface area contributed by atoms with Gasteiger partial charge < -0.3 is 10.2 Å². The van der Waals surface area contributed by atoms with Crippen molar-refractivity contribution in [2.24, 2.45) is 0 Å². The quantitative estimate of drug-likeness (QED) is 0.883. The number of aryl methyl sites for hydroxylation is 1. The van der Waals surface area contributed by atoms with E-state index < -0.39 is 0 Å². The van der Waals surface area contributed by atoms with Gasteiger partial charge in [0, 0.05) is 30.9 Å². The Balaban J connectivity index is 2.26. The summed E-state index contributed by atoms with van der Waals surface area (Å²) < 4.78 is 1.84. The number of benzene rings is 1. The van der Waals surface area contributed by atoms with E-state index in [0.29, 0.717) is 23.7 Å². The molecule has 1 aromatic carbocycles. The molecular formula is C17H23ClN4O. The van der Waals surface area contributed by atoms with Crippen molar-refractivity contribution in [3.05, 3.63) is 51.8 Å². The molecule has 0 aliphatic carbocycles. The molecule has 0 atom stereocenters. The predicted octanol–water partition coefficient (Wildman–Crippen LogP) is 2.49. The van der Waals surface area contributed by atoms with Crippen molar-refractivity contribution < 1.29 is 4.79 Å². The number of nitrogens with one attached hydrogen (secondary N) is 1. The average Bonchev–Trinajstić information content (AvgIpc) is 2.80. The summed E-state index contributed by atoms with van der Waals surface area (Å²) in [5.41, 5.74) is 3.28. The van der Waals surface area contributed by atoms with Crippen molar-refractivity contribution in [1.82, 2.24) is 20.0 Å². The molecular weight excluding hydrogens is 312 g/mol. The fourth-order valence-corrected chi connectivity index (χ4v) is 2.72. The molecule has 1 N–H and O–H groups in total. The largest absolute Gasteiger partial charge is 0.340 e. The van der Waals surface area contributed by atoms with Crippen LogP contribution < -0.4 is 5.32 Å². The molecule has 1 amide bonds. The first-order chi connectivity index (χ1) is 11.0. The lowest BCUT2D eigenvalue weighted by Gasteiger charge is -2.17. The molecule has 5 nitrogen and oxygen atoms in total. The lowest BCUT2D eigenvalue weighted by Crippen LogP contribution is -2.33. The zero-order valence-electron chi connectivity index (χ0n) is 14.1. The van der Waals surface area contributed by atoms with Gasteiger partial charge in [0.15, 0.2) is 0 Å². The Kier molecular flexibility index (Phi) is 5.80. The molecule has 2 aromatic rings. The number of hydrogen-bond donors (Lipinski definition) is 1. The van der Waals surface area contributed by atoms with Crippen molar-refractivity contribution in [3.8, 4) is 0 Å². The summed E-state index contributed by atoms with van der Waals surface area (Å²) in [5.74, 6) is 0.000610. The standard InChI is InChI=1S/C17H23ClN4O/c1-12-16(17(23)21(4)10-9-19-3)13(2)22(20-12)11-14-7-5-6-8-15(14)18/h5-8,19H,9-11H2,1-4H3. The van der Waals surface area contributed by atoms with Gasteiger partial charge in [-0.1, -0.05) is 29.8 Å². The molecule has 0 saturated heterocycles. The number of halogens is 1. The van der Waals surface area contributed by atoms with Gasteiger partial charge in [0.05, 0.1) is 17.8 Å². The Morgan fingerprint density at radius 1 is 1.35 bits per heavy atom. The fraction of sp³-hybridized carbons (Fsp3) is 0.412. The van der Waals surface area contributed by atoms with E-state index in [9.17, 15) is 4.79 Å². The lowest BCUT2D eigenvalue weighted by atomic mass is 10.1. The Hall–Kier alpha value is -1.85. The van der Waals surface area contributed by atoms with Crippen molar-refractivity contribution >= 4 is 17.5 Å². The summed E-state index contributed by atoms with van der Waals surface area (Å²) in [5, 5.41) is 8.28. The highest BCUT2D eigenvalue weighted by molar-refractivity contribution is 6.31. The van der Waals surface area contributed by atoms with Gasteiger partial charge in [-0.2, -0.15) is 5.10 Å². The first-order valence-electron chi connectivity index (χ1n) is 7.63. The maximum absolute atomic E-state index is 12.6. The maximum Gasteiger partial charge on any atom is 0.257 e. The second-order valence-electron chi connectivity index (χ2n) is 5.63. The zero-order valence-corrected chi connectivity index (χ0v) is 14.8. The molecule has 124 valence electrons. The molecule has 0 aliphatic rings. The van der Waals surface area contributed by atoms with Gasteiger partial charge in [-0.25, -0.2) is 0 Å². The molecule has 0 aliphatic heterocycles. The van der Waals surface area contributed by atoms with Crippen LogP contribution in [-0.4, -0.2) is 47.8 Å². The number of amides is 1. The van der Waals surface area contributed by atoms with E-state index in [2.05, 4.69) is 10.4 Å². The van der Waals surface area contributed by atoms with Gasteiger partial charge in [-0.3, -0.25) is 9.48 Å². The summed E-state index contributed by atoms with van der Waals surface area (Å²) in [7, 11) is 3.68. The second-order valence-corrected chi connectivity index (χ2v) is 6.03. The maximum atomic E-state index is 12.6. The van der Waals surface area contributed by atoms with Crippen LogP contribution in [0.4, 0.5) is 0 Å². The van der Waals surface area contributed by atoms with E-state index in [-0.39, 0.29) is 5.91 Å². The van der Waals surface area contributed by atoms with Gasteiger partial charge in [-0.05, 0) is 32.5 Å². The minimum atomic E-state index is 0.000610. The van der Waals surface area contributed by atoms with Crippen molar-refractivity contribution in [1.29, 1.82) is 0 Å². The van der Waals surface area contributed by atoms with Crippen LogP contribution in [0.15, 0.2) is 24.3 Å². The zero-order chi connectivity index (χ0) is 17.0. The number of carbonyl (C=O) groups excluding carboxylic acids is 1. The summed E-state index contributed by atoms with van der Waals surface area (Å²) >= 11 is 6.22. The van der Waals surface area contributed by atoms with Gasteiger partial charge in [0.2, 0.25) is 0 Å². The Bertz CT molecular complexity index is 696. The molecule has 0 saturated carbocycles. The Labute approximate surface area is 142 Å². The molecule has 23 heavy (non-hydrogen) atoms. The Morgan fingerprint density at radius 2 is 2.04 bits per heavy atom. The molecule has 6 heteroatoms. The van der Waals surface area contributed by atoms with Gasteiger partial charge in [0.25, 0.3) is 5.91 Å². The van der Waals surface area contributed by atoms with E-state index in [1.165, 1.54) is 0 Å². The normalized spacial score (nSPS) is 10.8. The van der Waals surface area contributed by atoms with Crippen LogP contribution in [0, 0.1) is 13.8 Å². The predicted molar refractivity (Wildman–Crippen MR) is 93.1 cm³/mol. The van der Waals surface area contributed by atoms with Crippen LogP contribution in [-0.2, 0) is 6.54 Å². The monoisotopic (exact) mass is 334 g/mol. The number of hydrogen-bond acceptors (Lipinski definition) is 3. The average molecular weight is 335 g/mol. The number of carbonyl (C=O) groups is 1. The van der Waals surface area contributed by atoms with Gasteiger partial charge >= 0.3 is 0 Å². The number of likely N-dealkylation sites (N-methyl/N-ethyl adjacent to an activating group) is 2. The number of aromatic nitrogens is 2. The summed E-state index contributed by atoms with van der Waals surface area (Å²) in [4.78, 5) is 14.4. The third-order valence-electron chi connectivity index (χ3n) is 3.92. The molecule has 0 fully saturated rings. The molecule has 1 heterocycles. The van der Waals surface area contributed by atoms with E-state index in [1.807, 2.05) is 56.9 Å². The van der Waals surface area contributed by atoms with Crippen molar-refractivity contribution in [2.75, 3.05) is 27.2 Å². The van der Waals surface area contributed by atoms with Crippen LogP contribution in [0.1, 0.15) is 27.3 Å². The number of rotatable bonds is 6. The van der Waals surface area contributed by atoms with E-state index in [0.717, 1.165) is 23.5 Å². The highest BCUT2D eigenvalue weighted by Crippen LogP contribution is 2.20. The lowest BCUT2D eigenvalue weighted by molar-refractivity contribution is 0.0795. The van der Waals surface area contributed by atoms with Crippen LogP contribution >= 0.6 is 11.6 Å². The summed E-state index contributed by atoms with van der Waals surface area (Å²) in [6, 6.07) is 7.68. The molecule has 0 bridgehead atoms. The van der Waals surface area contributed by atoms with Gasteiger partial charge in [-0.15, -0.1) is 0 Å². The van der Waals surface area contributed by atoms with E-state index in [1.54, 1.807) is 4.90 Å². The smallest absolute Gasteiger partial charge is 0.257 e. The summed E-state index contributed by atoms with van der Waals surface area (Å²) in [6.45, 7) is 5.77. The number of nitrogens with zero attached hydrogens (tertiary/aromatic N) is 3. The third-order valence-corrected chi connectivity index (χ3v) is 4.29. The molecule has 0 radical (unpaired) electrons. The highest BCUT2D eigenvalue weighted by atomic mass is 35.5. The van der Waals surface area contributed by atoms with E-state index in [4.69, 9.17) is 11.6 Å². The molecule has 0 spiro atoms. The second kappa shape index (κ2) is 7.62. The van der Waals surface area contributed by atoms with Gasteiger partial charge in [0.1, 0.15) is 0 Å². The topological polar surface area (TPSA) is 50.2 Å². The molecule has 0 unspecified atom stereocenters. The minimum Gasteiger partial charge on any atom is -0.340 e. The first kappa shape index (κ1) is 17.5. The molecule has 1 aromatic heterocycles. The highest BCUT2D eigenvalue weighted by Gasteiger charge is 2.21. The Morgan fingerprint density at radius 3 is 2.70 bits per heavy atom. The van der Waals surface area contributed by atoms with Crippen LogP contribution in [0.3, 0.4) is 0 Å². The third kappa shape index (κ3) is 3.92.